The summed E-state index contributed by atoms with van der Waals surface area (Å²) in [6.45, 7) is 5.32. The quantitative estimate of drug-likeness (QED) is 0.688. The third-order valence-corrected chi connectivity index (χ3v) is 4.33. The molecule has 20 heavy (non-hydrogen) atoms. The monoisotopic (exact) mass is 298 g/mol. The van der Waals surface area contributed by atoms with Gasteiger partial charge in [-0.2, -0.15) is 0 Å². The Morgan fingerprint density at radius 2 is 1.85 bits per heavy atom. The van der Waals surface area contributed by atoms with Crippen molar-refractivity contribution in [2.75, 3.05) is 6.54 Å². The molecule has 1 aromatic carbocycles. The Morgan fingerprint density at radius 3 is 2.40 bits per heavy atom. The number of nitrogens with two attached hydrogens (primary N) is 1. The fraction of sp³-hybridized carbons (Fsp3) is 0.600. The van der Waals surface area contributed by atoms with Crippen molar-refractivity contribution in [2.45, 2.75) is 56.9 Å². The molecule has 0 saturated heterocycles. The minimum atomic E-state index is -3.58. The summed E-state index contributed by atoms with van der Waals surface area (Å²) in [6.07, 6.45) is 5.92. The Hall–Kier alpha value is -0.910. The molecule has 3 N–H and O–H groups in total. The molecule has 5 heteroatoms. The lowest BCUT2D eigenvalue weighted by Crippen LogP contribution is -2.28. The summed E-state index contributed by atoms with van der Waals surface area (Å²) in [6, 6.07) is 7.31. The Morgan fingerprint density at radius 1 is 1.20 bits per heavy atom. The number of hydrogen-bond acceptors (Lipinski definition) is 3. The second kappa shape index (κ2) is 8.39. The van der Waals surface area contributed by atoms with E-state index >= 15 is 0 Å². The van der Waals surface area contributed by atoms with Gasteiger partial charge in [-0.25, -0.2) is 13.6 Å². The van der Waals surface area contributed by atoms with Crippen LogP contribution in [-0.4, -0.2) is 21.0 Å². The van der Waals surface area contributed by atoms with Gasteiger partial charge in [-0.3, -0.25) is 0 Å². The van der Waals surface area contributed by atoms with Crippen LogP contribution in [0.4, 0.5) is 0 Å². The average Bonchev–Trinajstić information content (AvgIpc) is 2.38. The van der Waals surface area contributed by atoms with Crippen LogP contribution in [-0.2, 0) is 16.4 Å². The number of unbranched alkanes of at least 4 members (excludes halogenated alkanes) is 2. The standard InChI is InChI=1S/C15H26N2O2S/c1-3-4-5-6-13(2)17-12-11-14-7-9-15(10-8-14)20(16,18)19/h7-10,13,17H,3-6,11-12H2,1-2H3,(H2,16,18,19). The molecule has 1 atom stereocenters. The second-order valence-electron chi connectivity index (χ2n) is 5.29. The van der Waals surface area contributed by atoms with Crippen molar-refractivity contribution < 1.29 is 8.42 Å². The number of hydrogen-bond donors (Lipinski definition) is 2. The second-order valence-corrected chi connectivity index (χ2v) is 6.85. The molecule has 0 heterocycles. The molecule has 1 aromatic rings. The van der Waals surface area contributed by atoms with E-state index in [9.17, 15) is 8.42 Å². The Kier molecular flexibility index (Phi) is 7.19. The first kappa shape index (κ1) is 17.1. The molecule has 0 aliphatic carbocycles. The molecule has 1 unspecified atom stereocenters. The molecule has 4 nitrogen and oxygen atoms in total. The first-order chi connectivity index (χ1) is 9.43. The molecule has 0 spiro atoms. The van der Waals surface area contributed by atoms with Crippen molar-refractivity contribution in [3.05, 3.63) is 29.8 Å². The maximum absolute atomic E-state index is 11.1. The molecule has 0 bridgehead atoms. The maximum atomic E-state index is 11.1. The maximum Gasteiger partial charge on any atom is 0.238 e. The van der Waals surface area contributed by atoms with Gasteiger partial charge < -0.3 is 5.32 Å². The average molecular weight is 298 g/mol. The van der Waals surface area contributed by atoms with Gasteiger partial charge in [0.05, 0.1) is 4.90 Å². The number of nitrogens with one attached hydrogen (secondary N) is 1. The zero-order valence-electron chi connectivity index (χ0n) is 12.4. The lowest BCUT2D eigenvalue weighted by molar-refractivity contribution is 0.490. The van der Waals surface area contributed by atoms with Crippen molar-refractivity contribution in [3.8, 4) is 0 Å². The summed E-state index contributed by atoms with van der Waals surface area (Å²) in [7, 11) is -3.58. The molecule has 0 saturated carbocycles. The highest BCUT2D eigenvalue weighted by atomic mass is 32.2. The van der Waals surface area contributed by atoms with E-state index in [0.29, 0.717) is 6.04 Å². The lowest BCUT2D eigenvalue weighted by atomic mass is 10.1. The molecular weight excluding hydrogens is 272 g/mol. The smallest absolute Gasteiger partial charge is 0.238 e. The van der Waals surface area contributed by atoms with Crippen LogP contribution >= 0.6 is 0 Å². The van der Waals surface area contributed by atoms with E-state index in [2.05, 4.69) is 19.2 Å². The van der Waals surface area contributed by atoms with Crippen molar-refractivity contribution in [3.63, 3.8) is 0 Å². The van der Waals surface area contributed by atoms with Crippen LogP contribution < -0.4 is 10.5 Å². The van der Waals surface area contributed by atoms with Crippen molar-refractivity contribution in [1.82, 2.24) is 5.32 Å². The summed E-state index contributed by atoms with van der Waals surface area (Å²) in [5.41, 5.74) is 1.12. The van der Waals surface area contributed by atoms with Crippen LogP contribution in [0.25, 0.3) is 0 Å². The van der Waals surface area contributed by atoms with Gasteiger partial charge >= 0.3 is 0 Å². The number of primary sulfonamides is 1. The molecule has 0 fully saturated rings. The normalized spacial score (nSPS) is 13.3. The fourth-order valence-electron chi connectivity index (χ4n) is 2.11. The van der Waals surface area contributed by atoms with Gasteiger partial charge in [0.2, 0.25) is 10.0 Å². The van der Waals surface area contributed by atoms with Gasteiger partial charge in [0, 0.05) is 6.04 Å². The van der Waals surface area contributed by atoms with Crippen LogP contribution in [0.1, 0.15) is 45.1 Å². The van der Waals surface area contributed by atoms with Crippen LogP contribution in [0.3, 0.4) is 0 Å². The van der Waals surface area contributed by atoms with Crippen LogP contribution in [0.5, 0.6) is 0 Å². The van der Waals surface area contributed by atoms with Crippen LogP contribution in [0.15, 0.2) is 29.2 Å². The summed E-state index contributed by atoms with van der Waals surface area (Å²) >= 11 is 0. The highest BCUT2D eigenvalue weighted by Crippen LogP contribution is 2.09. The highest BCUT2D eigenvalue weighted by Gasteiger charge is 2.06. The number of rotatable bonds is 9. The zero-order valence-corrected chi connectivity index (χ0v) is 13.2. The summed E-state index contributed by atoms with van der Waals surface area (Å²) in [4.78, 5) is 0.169. The summed E-state index contributed by atoms with van der Waals surface area (Å²) in [5, 5.41) is 8.56. The first-order valence-electron chi connectivity index (χ1n) is 7.28. The van der Waals surface area contributed by atoms with Gasteiger partial charge in [0.1, 0.15) is 0 Å². The zero-order chi connectivity index (χ0) is 15.0. The van der Waals surface area contributed by atoms with Crippen molar-refractivity contribution in [1.29, 1.82) is 0 Å². The van der Waals surface area contributed by atoms with Crippen LogP contribution in [0, 0.1) is 0 Å². The largest absolute Gasteiger partial charge is 0.314 e. The molecule has 0 aromatic heterocycles. The Bertz CT molecular complexity index is 483. The van der Waals surface area contributed by atoms with Gasteiger partial charge in [0.25, 0.3) is 0 Å². The molecular formula is C15H26N2O2S. The number of sulfonamides is 1. The van der Waals surface area contributed by atoms with Gasteiger partial charge in [0.15, 0.2) is 0 Å². The Balaban J connectivity index is 2.32. The molecule has 114 valence electrons. The van der Waals surface area contributed by atoms with E-state index in [0.717, 1.165) is 18.5 Å². The van der Waals surface area contributed by atoms with E-state index in [1.807, 2.05) is 12.1 Å². The van der Waals surface area contributed by atoms with E-state index in [1.165, 1.54) is 25.7 Å². The third kappa shape index (κ3) is 6.50. The topological polar surface area (TPSA) is 72.2 Å². The molecule has 1 rings (SSSR count). The minimum absolute atomic E-state index is 0.169. The predicted molar refractivity (Wildman–Crippen MR) is 83.1 cm³/mol. The fourth-order valence-corrected chi connectivity index (χ4v) is 2.63. The Labute approximate surface area is 122 Å². The van der Waals surface area contributed by atoms with Gasteiger partial charge in [-0.15, -0.1) is 0 Å². The SMILES string of the molecule is CCCCCC(C)NCCc1ccc(S(N)(=O)=O)cc1. The third-order valence-electron chi connectivity index (χ3n) is 3.40. The lowest BCUT2D eigenvalue weighted by Gasteiger charge is -2.13. The van der Waals surface area contributed by atoms with Crippen molar-refractivity contribution >= 4 is 10.0 Å². The van der Waals surface area contributed by atoms with Crippen LogP contribution in [0.2, 0.25) is 0 Å². The minimum Gasteiger partial charge on any atom is -0.314 e. The van der Waals surface area contributed by atoms with Gasteiger partial charge in [-0.1, -0.05) is 38.3 Å². The molecule has 0 radical (unpaired) electrons. The number of benzene rings is 1. The summed E-state index contributed by atoms with van der Waals surface area (Å²) < 4.78 is 22.3. The molecule has 0 amide bonds. The summed E-state index contributed by atoms with van der Waals surface area (Å²) in [5.74, 6) is 0. The predicted octanol–water partition coefficient (Wildman–Crippen LogP) is 2.43. The van der Waals surface area contributed by atoms with E-state index in [1.54, 1.807) is 12.1 Å². The first-order valence-corrected chi connectivity index (χ1v) is 8.83. The van der Waals surface area contributed by atoms with Crippen molar-refractivity contribution in [2.24, 2.45) is 5.14 Å². The molecule has 0 aliphatic rings. The highest BCUT2D eigenvalue weighted by molar-refractivity contribution is 7.89. The van der Waals surface area contributed by atoms with E-state index in [4.69, 9.17) is 5.14 Å². The molecule has 0 aliphatic heterocycles. The van der Waals surface area contributed by atoms with Gasteiger partial charge in [-0.05, 0) is 44.0 Å². The van der Waals surface area contributed by atoms with E-state index < -0.39 is 10.0 Å². The van der Waals surface area contributed by atoms with E-state index in [-0.39, 0.29) is 4.90 Å².